The molecule has 4 heteroatoms. The second-order valence-corrected chi connectivity index (χ2v) is 2.77. The van der Waals surface area contributed by atoms with E-state index in [1.165, 1.54) is 7.11 Å². The molecule has 0 aliphatic rings. The SMILES string of the molecule is COCOc1cccc(CC(=O)O)c1. The van der Waals surface area contributed by atoms with Crippen molar-refractivity contribution in [3.05, 3.63) is 29.8 Å². The van der Waals surface area contributed by atoms with Gasteiger partial charge >= 0.3 is 5.97 Å². The maximum atomic E-state index is 10.4. The van der Waals surface area contributed by atoms with Crippen LogP contribution >= 0.6 is 0 Å². The summed E-state index contributed by atoms with van der Waals surface area (Å²) in [5.41, 5.74) is 0.714. The molecular formula is C10H12O4. The molecule has 0 aliphatic carbocycles. The minimum absolute atomic E-state index is 0.00415. The second-order valence-electron chi connectivity index (χ2n) is 2.77. The van der Waals surface area contributed by atoms with Crippen LogP contribution in [0.4, 0.5) is 0 Å². The van der Waals surface area contributed by atoms with Gasteiger partial charge in [0.15, 0.2) is 6.79 Å². The zero-order valence-electron chi connectivity index (χ0n) is 7.90. The van der Waals surface area contributed by atoms with E-state index >= 15 is 0 Å². The lowest BCUT2D eigenvalue weighted by Crippen LogP contribution is -2.02. The van der Waals surface area contributed by atoms with Crippen molar-refractivity contribution in [1.82, 2.24) is 0 Å². The van der Waals surface area contributed by atoms with E-state index in [1.807, 2.05) is 0 Å². The van der Waals surface area contributed by atoms with E-state index < -0.39 is 5.97 Å². The number of carboxylic acid groups (broad SMARTS) is 1. The fourth-order valence-electron chi connectivity index (χ4n) is 1.05. The number of benzene rings is 1. The van der Waals surface area contributed by atoms with Crippen molar-refractivity contribution in [1.29, 1.82) is 0 Å². The standard InChI is InChI=1S/C10H12O4/c1-13-7-14-9-4-2-3-8(5-9)6-10(11)12/h2-5H,6-7H2,1H3,(H,11,12). The summed E-state index contributed by atoms with van der Waals surface area (Å²) in [5.74, 6) is -0.237. The maximum absolute atomic E-state index is 10.4. The van der Waals surface area contributed by atoms with Crippen LogP contribution in [0.3, 0.4) is 0 Å². The van der Waals surface area contributed by atoms with E-state index in [9.17, 15) is 4.79 Å². The summed E-state index contributed by atoms with van der Waals surface area (Å²) in [4.78, 5) is 10.4. The quantitative estimate of drug-likeness (QED) is 0.721. The van der Waals surface area contributed by atoms with Gasteiger partial charge in [0.2, 0.25) is 0 Å². The van der Waals surface area contributed by atoms with Crippen LogP contribution in [-0.2, 0) is 16.0 Å². The van der Waals surface area contributed by atoms with Gasteiger partial charge in [0, 0.05) is 7.11 Å². The smallest absolute Gasteiger partial charge is 0.307 e. The molecule has 0 amide bonds. The van der Waals surface area contributed by atoms with Crippen LogP contribution in [0, 0.1) is 0 Å². The van der Waals surface area contributed by atoms with E-state index in [2.05, 4.69) is 0 Å². The number of methoxy groups -OCH3 is 1. The predicted molar refractivity (Wildman–Crippen MR) is 50.3 cm³/mol. The largest absolute Gasteiger partial charge is 0.481 e. The molecule has 0 bridgehead atoms. The first-order valence-electron chi connectivity index (χ1n) is 4.15. The van der Waals surface area contributed by atoms with Crippen LogP contribution in [0.15, 0.2) is 24.3 Å². The molecule has 0 fully saturated rings. The summed E-state index contributed by atoms with van der Waals surface area (Å²) < 4.78 is 9.89. The van der Waals surface area contributed by atoms with Gasteiger partial charge in [0.25, 0.3) is 0 Å². The highest BCUT2D eigenvalue weighted by Crippen LogP contribution is 2.13. The van der Waals surface area contributed by atoms with E-state index in [1.54, 1.807) is 24.3 Å². The van der Waals surface area contributed by atoms with Gasteiger partial charge in [-0.3, -0.25) is 4.79 Å². The van der Waals surface area contributed by atoms with Gasteiger partial charge in [-0.25, -0.2) is 0 Å². The van der Waals surface area contributed by atoms with E-state index in [0.29, 0.717) is 11.3 Å². The monoisotopic (exact) mass is 196 g/mol. The van der Waals surface area contributed by atoms with E-state index in [-0.39, 0.29) is 13.2 Å². The Morgan fingerprint density at radius 2 is 2.29 bits per heavy atom. The molecule has 1 rings (SSSR count). The third-order valence-electron chi connectivity index (χ3n) is 1.60. The van der Waals surface area contributed by atoms with Crippen LogP contribution in [0.2, 0.25) is 0 Å². The van der Waals surface area contributed by atoms with E-state index in [0.717, 1.165) is 0 Å². The Hall–Kier alpha value is -1.55. The Morgan fingerprint density at radius 1 is 1.50 bits per heavy atom. The summed E-state index contributed by atoms with van der Waals surface area (Å²) in [6, 6.07) is 6.94. The Morgan fingerprint density at radius 3 is 2.93 bits per heavy atom. The minimum Gasteiger partial charge on any atom is -0.481 e. The van der Waals surface area contributed by atoms with Crippen LogP contribution in [-0.4, -0.2) is 25.0 Å². The summed E-state index contributed by atoms with van der Waals surface area (Å²) in [5, 5.41) is 8.57. The molecule has 0 spiro atoms. The lowest BCUT2D eigenvalue weighted by Gasteiger charge is -2.05. The molecule has 1 N–H and O–H groups in total. The van der Waals surface area contributed by atoms with Crippen molar-refractivity contribution in [2.45, 2.75) is 6.42 Å². The minimum atomic E-state index is -0.853. The van der Waals surface area contributed by atoms with Gasteiger partial charge < -0.3 is 14.6 Å². The zero-order valence-corrected chi connectivity index (χ0v) is 7.90. The summed E-state index contributed by atoms with van der Waals surface area (Å²) in [7, 11) is 1.53. The van der Waals surface area contributed by atoms with Crippen LogP contribution in [0.1, 0.15) is 5.56 Å². The number of hydrogen-bond donors (Lipinski definition) is 1. The normalized spacial score (nSPS) is 9.79. The van der Waals surface area contributed by atoms with Crippen molar-refractivity contribution >= 4 is 5.97 Å². The first kappa shape index (κ1) is 10.5. The first-order valence-corrected chi connectivity index (χ1v) is 4.15. The summed E-state index contributed by atoms with van der Waals surface area (Å²) in [6.07, 6.45) is 0.00415. The summed E-state index contributed by atoms with van der Waals surface area (Å²) >= 11 is 0. The Labute approximate surface area is 82.1 Å². The average Bonchev–Trinajstić information content (AvgIpc) is 2.14. The van der Waals surface area contributed by atoms with Gasteiger partial charge in [-0.05, 0) is 17.7 Å². The van der Waals surface area contributed by atoms with Gasteiger partial charge in [0.1, 0.15) is 5.75 Å². The highest BCUT2D eigenvalue weighted by atomic mass is 16.7. The first-order chi connectivity index (χ1) is 6.72. The van der Waals surface area contributed by atoms with Crippen molar-refractivity contribution in [3.63, 3.8) is 0 Å². The third-order valence-corrected chi connectivity index (χ3v) is 1.60. The molecule has 0 unspecified atom stereocenters. The summed E-state index contributed by atoms with van der Waals surface area (Å²) in [6.45, 7) is 0.163. The molecule has 0 aliphatic heterocycles. The molecule has 4 nitrogen and oxygen atoms in total. The number of carbonyl (C=O) groups is 1. The van der Waals surface area contributed by atoms with Gasteiger partial charge in [-0.2, -0.15) is 0 Å². The van der Waals surface area contributed by atoms with Crippen LogP contribution in [0.25, 0.3) is 0 Å². The molecule has 0 aromatic heterocycles. The van der Waals surface area contributed by atoms with Crippen LogP contribution < -0.4 is 4.74 Å². The zero-order chi connectivity index (χ0) is 10.4. The lowest BCUT2D eigenvalue weighted by molar-refractivity contribution is -0.136. The fourth-order valence-corrected chi connectivity index (χ4v) is 1.05. The number of aliphatic carboxylic acids is 1. The van der Waals surface area contributed by atoms with E-state index in [4.69, 9.17) is 14.6 Å². The van der Waals surface area contributed by atoms with Crippen molar-refractivity contribution < 1.29 is 19.4 Å². The maximum Gasteiger partial charge on any atom is 0.307 e. The number of ether oxygens (including phenoxy) is 2. The third kappa shape index (κ3) is 3.45. The van der Waals surface area contributed by atoms with Gasteiger partial charge in [-0.1, -0.05) is 12.1 Å². The molecule has 0 radical (unpaired) electrons. The number of rotatable bonds is 5. The Bertz CT molecular complexity index is 309. The Balaban J connectivity index is 2.63. The lowest BCUT2D eigenvalue weighted by atomic mass is 10.1. The molecule has 0 heterocycles. The molecule has 14 heavy (non-hydrogen) atoms. The topological polar surface area (TPSA) is 55.8 Å². The fraction of sp³-hybridized carbons (Fsp3) is 0.300. The number of carboxylic acids is 1. The second kappa shape index (κ2) is 5.24. The molecule has 76 valence electrons. The van der Waals surface area contributed by atoms with Gasteiger partial charge in [-0.15, -0.1) is 0 Å². The molecule has 0 saturated carbocycles. The highest BCUT2D eigenvalue weighted by molar-refractivity contribution is 5.70. The van der Waals surface area contributed by atoms with Gasteiger partial charge in [0.05, 0.1) is 6.42 Å². The molecule has 0 atom stereocenters. The molecular weight excluding hydrogens is 184 g/mol. The molecule has 1 aromatic carbocycles. The highest BCUT2D eigenvalue weighted by Gasteiger charge is 2.01. The molecule has 1 aromatic rings. The van der Waals surface area contributed by atoms with Crippen molar-refractivity contribution in [2.75, 3.05) is 13.9 Å². The van der Waals surface area contributed by atoms with Crippen molar-refractivity contribution in [2.24, 2.45) is 0 Å². The molecule has 0 saturated heterocycles. The Kier molecular flexibility index (Phi) is 3.94. The predicted octanol–water partition coefficient (Wildman–Crippen LogP) is 1.30. The van der Waals surface area contributed by atoms with Crippen molar-refractivity contribution in [3.8, 4) is 5.75 Å². The van der Waals surface area contributed by atoms with Crippen LogP contribution in [0.5, 0.6) is 5.75 Å². The average molecular weight is 196 g/mol. The number of hydrogen-bond acceptors (Lipinski definition) is 3.